The molecule has 0 spiro atoms. The number of carbonyl (C=O) groups is 2. The van der Waals surface area contributed by atoms with Crippen molar-refractivity contribution in [1.29, 1.82) is 0 Å². The number of carboxylic acid groups (broad SMARTS) is 1. The van der Waals surface area contributed by atoms with Crippen LogP contribution in [0.5, 0.6) is 0 Å². The summed E-state index contributed by atoms with van der Waals surface area (Å²) in [5.41, 5.74) is 0. The predicted molar refractivity (Wildman–Crippen MR) is 72.5 cm³/mol. The molecule has 3 rings (SSSR count). The number of aryl methyl sites for hydroxylation is 1. The molecule has 2 bridgehead atoms. The molecule has 0 aliphatic heterocycles. The van der Waals surface area contributed by atoms with Gasteiger partial charge >= 0.3 is 12.0 Å². The van der Waals surface area contributed by atoms with Crippen molar-refractivity contribution in [1.82, 2.24) is 15.5 Å². The highest BCUT2D eigenvalue weighted by atomic mass is 32.1. The average Bonchev–Trinajstić information content (AvgIpc) is 3.04. The summed E-state index contributed by atoms with van der Waals surface area (Å²) in [7, 11) is 0. The normalized spacial score (nSPS) is 31.2. The Hall–Kier alpha value is -1.70. The van der Waals surface area contributed by atoms with E-state index in [1.807, 2.05) is 0 Å². The van der Waals surface area contributed by atoms with Crippen LogP contribution in [-0.2, 0) is 4.79 Å². The Kier molecular flexibility index (Phi) is 3.33. The minimum Gasteiger partial charge on any atom is -0.481 e. The highest BCUT2D eigenvalue weighted by molar-refractivity contribution is 7.15. The number of amides is 2. The second-order valence-electron chi connectivity index (χ2n) is 5.45. The Morgan fingerprint density at radius 2 is 2.05 bits per heavy atom. The summed E-state index contributed by atoms with van der Waals surface area (Å²) in [5.74, 6) is -0.792. The van der Waals surface area contributed by atoms with Crippen molar-refractivity contribution in [3.8, 4) is 0 Å². The van der Waals surface area contributed by atoms with Crippen LogP contribution in [0.4, 0.5) is 9.93 Å². The van der Waals surface area contributed by atoms with E-state index in [9.17, 15) is 14.7 Å². The number of carboxylic acids is 1. The molecule has 2 amide bonds. The Morgan fingerprint density at radius 3 is 2.70 bits per heavy atom. The molecule has 2 fully saturated rings. The number of carbonyl (C=O) groups excluding carboxylic acids is 1. The van der Waals surface area contributed by atoms with E-state index in [0.29, 0.717) is 5.13 Å². The number of nitrogens with one attached hydrogen (secondary N) is 2. The van der Waals surface area contributed by atoms with E-state index >= 15 is 0 Å². The molecule has 8 heteroatoms. The van der Waals surface area contributed by atoms with E-state index in [1.165, 1.54) is 11.3 Å². The first-order chi connectivity index (χ1) is 9.54. The lowest BCUT2D eigenvalue weighted by atomic mass is 9.84. The minimum absolute atomic E-state index is 0.201. The molecule has 2 aliphatic rings. The zero-order valence-corrected chi connectivity index (χ0v) is 11.8. The fourth-order valence-corrected chi connectivity index (χ4v) is 4.07. The predicted octanol–water partition coefficient (Wildman–Crippen LogP) is 1.47. The van der Waals surface area contributed by atoms with Gasteiger partial charge in [-0.1, -0.05) is 11.3 Å². The van der Waals surface area contributed by atoms with Gasteiger partial charge in [-0.05, 0) is 38.0 Å². The van der Waals surface area contributed by atoms with Crippen LogP contribution >= 0.6 is 11.3 Å². The maximum atomic E-state index is 11.9. The maximum Gasteiger partial charge on any atom is 0.321 e. The maximum absolute atomic E-state index is 11.9. The van der Waals surface area contributed by atoms with Gasteiger partial charge in [-0.15, -0.1) is 10.2 Å². The molecule has 1 aromatic rings. The highest BCUT2D eigenvalue weighted by Gasteiger charge is 2.51. The van der Waals surface area contributed by atoms with Crippen molar-refractivity contribution in [3.05, 3.63) is 5.01 Å². The van der Waals surface area contributed by atoms with Crippen LogP contribution in [0.15, 0.2) is 0 Å². The first-order valence-electron chi connectivity index (χ1n) is 6.65. The van der Waals surface area contributed by atoms with Crippen molar-refractivity contribution in [2.75, 3.05) is 5.32 Å². The summed E-state index contributed by atoms with van der Waals surface area (Å²) in [4.78, 5) is 23.3. The van der Waals surface area contributed by atoms with E-state index in [2.05, 4.69) is 20.8 Å². The summed E-state index contributed by atoms with van der Waals surface area (Å²) in [6.45, 7) is 1.80. The van der Waals surface area contributed by atoms with Gasteiger partial charge in [-0.3, -0.25) is 10.1 Å². The summed E-state index contributed by atoms with van der Waals surface area (Å²) in [6.07, 6.45) is 2.86. The van der Waals surface area contributed by atoms with Crippen LogP contribution in [-0.4, -0.2) is 33.3 Å². The van der Waals surface area contributed by atoms with E-state index in [4.69, 9.17) is 0 Å². The first kappa shape index (κ1) is 13.3. The van der Waals surface area contributed by atoms with Crippen molar-refractivity contribution < 1.29 is 14.7 Å². The lowest BCUT2D eigenvalue weighted by Gasteiger charge is -2.28. The molecule has 3 N–H and O–H groups in total. The number of urea groups is 1. The number of hydrogen-bond donors (Lipinski definition) is 3. The van der Waals surface area contributed by atoms with E-state index in [1.54, 1.807) is 6.92 Å². The third kappa shape index (κ3) is 2.35. The molecular weight excluding hydrogens is 280 g/mol. The number of nitrogens with zero attached hydrogens (tertiary/aromatic N) is 2. The molecule has 1 heterocycles. The average molecular weight is 296 g/mol. The zero-order chi connectivity index (χ0) is 14.3. The first-order valence-corrected chi connectivity index (χ1v) is 7.46. The van der Waals surface area contributed by atoms with Crippen LogP contribution in [0.2, 0.25) is 0 Å². The van der Waals surface area contributed by atoms with E-state index in [-0.39, 0.29) is 17.9 Å². The molecule has 0 aromatic carbocycles. The number of anilines is 1. The van der Waals surface area contributed by atoms with Crippen molar-refractivity contribution in [2.24, 2.45) is 17.8 Å². The molecule has 20 heavy (non-hydrogen) atoms. The summed E-state index contributed by atoms with van der Waals surface area (Å²) in [5, 5.41) is 23.6. The summed E-state index contributed by atoms with van der Waals surface area (Å²) >= 11 is 1.29. The van der Waals surface area contributed by atoms with Gasteiger partial charge in [0.25, 0.3) is 0 Å². The SMILES string of the molecule is Cc1nnc(NC(=O)NC2C3CCC(C3)C2C(=O)O)s1. The fourth-order valence-electron chi connectivity index (χ4n) is 3.49. The molecule has 0 radical (unpaired) electrons. The monoisotopic (exact) mass is 296 g/mol. The molecule has 1 aromatic heterocycles. The Bertz CT molecular complexity index is 547. The second-order valence-corrected chi connectivity index (χ2v) is 6.63. The summed E-state index contributed by atoms with van der Waals surface area (Å²) in [6, 6.07) is -0.676. The summed E-state index contributed by atoms with van der Waals surface area (Å²) < 4.78 is 0. The smallest absolute Gasteiger partial charge is 0.321 e. The Labute approximate surface area is 119 Å². The molecule has 7 nitrogen and oxygen atoms in total. The topological polar surface area (TPSA) is 104 Å². The Morgan fingerprint density at radius 1 is 1.30 bits per heavy atom. The lowest BCUT2D eigenvalue weighted by Crippen LogP contribution is -2.48. The van der Waals surface area contributed by atoms with Gasteiger partial charge in [-0.25, -0.2) is 4.79 Å². The van der Waals surface area contributed by atoms with Gasteiger partial charge < -0.3 is 10.4 Å². The van der Waals surface area contributed by atoms with E-state index in [0.717, 1.165) is 24.3 Å². The van der Waals surface area contributed by atoms with Crippen LogP contribution in [0, 0.1) is 24.7 Å². The fraction of sp³-hybridized carbons (Fsp3) is 0.667. The molecule has 108 valence electrons. The third-order valence-electron chi connectivity index (χ3n) is 4.25. The van der Waals surface area contributed by atoms with Gasteiger partial charge in [0.2, 0.25) is 5.13 Å². The number of aromatic nitrogens is 2. The van der Waals surface area contributed by atoms with Crippen LogP contribution in [0.1, 0.15) is 24.3 Å². The van der Waals surface area contributed by atoms with Gasteiger partial charge in [-0.2, -0.15) is 0 Å². The lowest BCUT2D eigenvalue weighted by molar-refractivity contribution is -0.144. The minimum atomic E-state index is -0.811. The second kappa shape index (κ2) is 5.01. The van der Waals surface area contributed by atoms with Crippen molar-refractivity contribution in [3.63, 3.8) is 0 Å². The van der Waals surface area contributed by atoms with Crippen molar-refractivity contribution in [2.45, 2.75) is 32.2 Å². The number of fused-ring (bicyclic) bond motifs is 2. The highest BCUT2D eigenvalue weighted by Crippen LogP contribution is 2.48. The van der Waals surface area contributed by atoms with Crippen molar-refractivity contribution >= 4 is 28.5 Å². The van der Waals surface area contributed by atoms with Gasteiger partial charge in [0.05, 0.1) is 5.92 Å². The van der Waals surface area contributed by atoms with Crippen LogP contribution < -0.4 is 10.6 Å². The molecule has 0 saturated heterocycles. The molecule has 2 aliphatic carbocycles. The van der Waals surface area contributed by atoms with Gasteiger partial charge in [0, 0.05) is 6.04 Å². The largest absolute Gasteiger partial charge is 0.481 e. The van der Waals surface area contributed by atoms with Crippen LogP contribution in [0.3, 0.4) is 0 Å². The van der Waals surface area contributed by atoms with Crippen LogP contribution in [0.25, 0.3) is 0 Å². The standard InChI is InChI=1S/C12H16N4O3S/c1-5-15-16-12(20-5)14-11(19)13-9-7-3-2-6(4-7)8(9)10(17)18/h6-9H,2-4H2,1H3,(H,17,18)(H2,13,14,16,19). The molecule has 4 unspecified atom stereocenters. The quantitative estimate of drug-likeness (QED) is 0.783. The molecule has 4 atom stereocenters. The zero-order valence-electron chi connectivity index (χ0n) is 11.0. The van der Waals surface area contributed by atoms with E-state index < -0.39 is 17.9 Å². The Balaban J connectivity index is 1.64. The molecule has 2 saturated carbocycles. The van der Waals surface area contributed by atoms with Gasteiger partial charge in [0.15, 0.2) is 0 Å². The third-order valence-corrected chi connectivity index (χ3v) is 5.00. The van der Waals surface area contributed by atoms with Gasteiger partial charge in [0.1, 0.15) is 5.01 Å². The number of hydrogen-bond acceptors (Lipinski definition) is 5. The number of aliphatic carboxylic acids is 1. The number of rotatable bonds is 3. The molecular formula is C12H16N4O3S.